The van der Waals surface area contributed by atoms with Crippen LogP contribution in [-0.2, 0) is 0 Å². The smallest absolute Gasteiger partial charge is 0.145 e. The van der Waals surface area contributed by atoms with Gasteiger partial charge in [0.05, 0.1) is 19.3 Å². The highest BCUT2D eigenvalue weighted by atomic mass is 35.5. The molecule has 0 aliphatic carbocycles. The Bertz CT molecular complexity index is 654. The first kappa shape index (κ1) is 14.4. The third-order valence-electron chi connectivity index (χ3n) is 4.72. The van der Waals surface area contributed by atoms with Crippen molar-refractivity contribution in [2.75, 3.05) is 13.1 Å². The highest BCUT2D eigenvalue weighted by molar-refractivity contribution is 6.30. The van der Waals surface area contributed by atoms with E-state index in [1.807, 2.05) is 12.1 Å². The fourth-order valence-electron chi connectivity index (χ4n) is 3.42. The average Bonchev–Trinajstić information content (AvgIpc) is 2.55. The predicted molar refractivity (Wildman–Crippen MR) is 90.1 cm³/mol. The Morgan fingerprint density at radius 3 is 2.29 bits per heavy atom. The van der Waals surface area contributed by atoms with Crippen molar-refractivity contribution in [3.63, 3.8) is 0 Å². The van der Waals surface area contributed by atoms with Crippen LogP contribution in [0.2, 0.25) is 5.02 Å². The number of hydrogen-bond donors (Lipinski definition) is 0. The molecule has 3 rings (SSSR count). The maximum atomic E-state index is 6.07. The van der Waals surface area contributed by atoms with Gasteiger partial charge in [0.15, 0.2) is 0 Å². The minimum atomic E-state index is 0.346. The summed E-state index contributed by atoms with van der Waals surface area (Å²) in [5.74, 6) is 0. The number of benzene rings is 2. The van der Waals surface area contributed by atoms with Gasteiger partial charge in [-0.25, -0.2) is 0 Å². The lowest BCUT2D eigenvalue weighted by Gasteiger charge is -2.43. The highest BCUT2D eigenvalue weighted by Gasteiger charge is 2.38. The molecule has 0 amide bonds. The largest absolute Gasteiger partial charge is 0.288 e. The molecule has 0 bridgehead atoms. The van der Waals surface area contributed by atoms with Gasteiger partial charge in [-0.2, -0.15) is 0 Å². The van der Waals surface area contributed by atoms with E-state index in [9.17, 15) is 0 Å². The van der Waals surface area contributed by atoms with Crippen molar-refractivity contribution >= 4 is 17.7 Å². The first-order chi connectivity index (χ1) is 10.2. The highest BCUT2D eigenvalue weighted by Crippen LogP contribution is 2.41. The van der Waals surface area contributed by atoms with E-state index in [1.54, 1.807) is 0 Å². The van der Waals surface area contributed by atoms with Crippen LogP contribution < -0.4 is 0 Å². The van der Waals surface area contributed by atoms with E-state index in [-0.39, 0.29) is 0 Å². The summed E-state index contributed by atoms with van der Waals surface area (Å²) < 4.78 is 0.957. The Hall–Kier alpha value is -1.57. The van der Waals surface area contributed by atoms with Gasteiger partial charge in [-0.05, 0) is 37.6 Å². The molecular weight excluding hydrogens is 278 g/mol. The Kier molecular flexibility index (Phi) is 3.88. The normalized spacial score (nSPS) is 19.3. The van der Waals surface area contributed by atoms with Gasteiger partial charge in [0.2, 0.25) is 0 Å². The minimum absolute atomic E-state index is 0.346. The number of rotatable bonds is 3. The summed E-state index contributed by atoms with van der Waals surface area (Å²) in [6.07, 6.45) is 4.64. The second kappa shape index (κ2) is 5.67. The molecule has 0 radical (unpaired) electrons. The SMILES string of the molecule is CC[N+]1(CC)C=Cc2ccccc2C1c1ccc(Cl)cc1. The minimum Gasteiger partial charge on any atom is -0.288 e. The number of fused-ring (bicyclic) bond motifs is 1. The van der Waals surface area contributed by atoms with Gasteiger partial charge in [-0.3, -0.25) is 4.48 Å². The first-order valence-electron chi connectivity index (χ1n) is 7.60. The fourth-order valence-corrected chi connectivity index (χ4v) is 3.55. The van der Waals surface area contributed by atoms with Crippen LogP contribution in [0, 0.1) is 0 Å². The average molecular weight is 299 g/mol. The second-order valence-electron chi connectivity index (χ2n) is 5.63. The summed E-state index contributed by atoms with van der Waals surface area (Å²) in [6.45, 7) is 6.69. The molecule has 1 aliphatic rings. The molecule has 1 unspecified atom stereocenters. The maximum absolute atomic E-state index is 6.07. The molecule has 0 saturated carbocycles. The van der Waals surface area contributed by atoms with Crippen molar-refractivity contribution in [1.82, 2.24) is 0 Å². The molecule has 108 valence electrons. The van der Waals surface area contributed by atoms with Crippen molar-refractivity contribution in [3.05, 3.63) is 76.4 Å². The molecule has 1 heterocycles. The van der Waals surface area contributed by atoms with Gasteiger partial charge >= 0.3 is 0 Å². The summed E-state index contributed by atoms with van der Waals surface area (Å²) in [5, 5.41) is 0.796. The van der Waals surface area contributed by atoms with Crippen molar-refractivity contribution < 1.29 is 4.48 Å². The van der Waals surface area contributed by atoms with Crippen LogP contribution in [0.25, 0.3) is 6.08 Å². The molecule has 21 heavy (non-hydrogen) atoms. The zero-order valence-electron chi connectivity index (χ0n) is 12.6. The molecule has 2 heteroatoms. The van der Waals surface area contributed by atoms with Gasteiger partial charge in [0.1, 0.15) is 6.04 Å². The van der Waals surface area contributed by atoms with E-state index in [1.165, 1.54) is 16.7 Å². The van der Waals surface area contributed by atoms with Gasteiger partial charge in [-0.1, -0.05) is 48.0 Å². The molecule has 2 aromatic rings. The lowest BCUT2D eigenvalue weighted by Crippen LogP contribution is -2.47. The van der Waals surface area contributed by atoms with Crippen LogP contribution in [0.1, 0.15) is 36.6 Å². The molecule has 0 fully saturated rings. The number of hydrogen-bond acceptors (Lipinski definition) is 0. The van der Waals surface area contributed by atoms with Gasteiger partial charge in [0.25, 0.3) is 0 Å². The quantitative estimate of drug-likeness (QED) is 0.677. The summed E-state index contributed by atoms with van der Waals surface area (Å²) >= 11 is 6.07. The third-order valence-corrected chi connectivity index (χ3v) is 4.97. The number of quaternary nitrogens is 1. The van der Waals surface area contributed by atoms with Crippen molar-refractivity contribution in [1.29, 1.82) is 0 Å². The van der Waals surface area contributed by atoms with E-state index < -0.39 is 0 Å². The molecule has 0 spiro atoms. The molecule has 1 atom stereocenters. The van der Waals surface area contributed by atoms with Crippen LogP contribution in [0.15, 0.2) is 54.7 Å². The molecule has 1 nitrogen and oxygen atoms in total. The van der Waals surface area contributed by atoms with Gasteiger partial charge < -0.3 is 0 Å². The zero-order chi connectivity index (χ0) is 14.9. The van der Waals surface area contributed by atoms with E-state index >= 15 is 0 Å². The third kappa shape index (κ3) is 2.41. The fraction of sp³-hybridized carbons (Fsp3) is 0.263. The molecular formula is C19H21ClN+. The molecule has 0 saturated heterocycles. The monoisotopic (exact) mass is 298 g/mol. The molecule has 1 aliphatic heterocycles. The summed E-state index contributed by atoms with van der Waals surface area (Å²) in [7, 11) is 0. The Labute approximate surface area is 132 Å². The van der Waals surface area contributed by atoms with Crippen LogP contribution in [0.5, 0.6) is 0 Å². The van der Waals surface area contributed by atoms with E-state index in [0.29, 0.717) is 6.04 Å². The van der Waals surface area contributed by atoms with E-state index in [0.717, 1.165) is 22.6 Å². The van der Waals surface area contributed by atoms with Gasteiger partial charge in [0, 0.05) is 16.1 Å². The predicted octanol–water partition coefficient (Wildman–Crippen LogP) is 5.27. The van der Waals surface area contributed by atoms with E-state index in [4.69, 9.17) is 11.6 Å². The lowest BCUT2D eigenvalue weighted by atomic mass is 9.88. The topological polar surface area (TPSA) is 0 Å². The van der Waals surface area contributed by atoms with Crippen molar-refractivity contribution in [2.45, 2.75) is 19.9 Å². The second-order valence-corrected chi connectivity index (χ2v) is 6.07. The van der Waals surface area contributed by atoms with E-state index in [2.05, 4.69) is 62.5 Å². The number of nitrogens with zero attached hydrogens (tertiary/aromatic N) is 1. The molecule has 0 N–H and O–H groups in total. The van der Waals surface area contributed by atoms with Crippen LogP contribution in [0.3, 0.4) is 0 Å². The van der Waals surface area contributed by atoms with Crippen LogP contribution >= 0.6 is 11.6 Å². The Morgan fingerprint density at radius 2 is 1.62 bits per heavy atom. The first-order valence-corrected chi connectivity index (χ1v) is 7.98. The Balaban J connectivity index is 2.19. The Morgan fingerprint density at radius 1 is 0.952 bits per heavy atom. The molecule has 0 aromatic heterocycles. The van der Waals surface area contributed by atoms with Crippen molar-refractivity contribution in [3.8, 4) is 0 Å². The zero-order valence-corrected chi connectivity index (χ0v) is 13.3. The summed E-state index contributed by atoms with van der Waals surface area (Å²) in [5.41, 5.74) is 4.07. The summed E-state index contributed by atoms with van der Waals surface area (Å²) in [4.78, 5) is 0. The standard InChI is InChI=1S/C19H21ClN/c1-3-21(4-2)14-13-15-7-5-6-8-18(15)19(21)16-9-11-17(20)12-10-16/h5-14,19H,3-4H2,1-2H3/q+1. The lowest BCUT2D eigenvalue weighted by molar-refractivity contribution is -0.901. The van der Waals surface area contributed by atoms with Crippen LogP contribution in [-0.4, -0.2) is 17.6 Å². The van der Waals surface area contributed by atoms with Crippen LogP contribution in [0.4, 0.5) is 0 Å². The number of halogens is 1. The summed E-state index contributed by atoms with van der Waals surface area (Å²) in [6, 6.07) is 17.4. The molecule has 2 aromatic carbocycles. The van der Waals surface area contributed by atoms with Gasteiger partial charge in [-0.15, -0.1) is 0 Å². The van der Waals surface area contributed by atoms with Crippen molar-refractivity contribution in [2.24, 2.45) is 0 Å². The maximum Gasteiger partial charge on any atom is 0.145 e.